The molecule has 0 bridgehead atoms. The molecule has 0 spiro atoms. The first kappa shape index (κ1) is 11.9. The summed E-state index contributed by atoms with van der Waals surface area (Å²) in [5.41, 5.74) is 0. The Balaban J connectivity index is 3.96. The van der Waals surface area contributed by atoms with Crippen molar-refractivity contribution in [2.75, 3.05) is 19.3 Å². The average Bonchev–Trinajstić information content (AvgIpc) is 2.00. The van der Waals surface area contributed by atoms with Gasteiger partial charge in [0.05, 0.1) is 5.75 Å². The van der Waals surface area contributed by atoms with Gasteiger partial charge >= 0.3 is 0 Å². The number of hydrogen-bond donors (Lipinski definition) is 0. The lowest BCUT2D eigenvalue weighted by Gasteiger charge is -2.16. The molecule has 0 fully saturated rings. The Bertz CT molecular complexity index is 209. The van der Waals surface area contributed by atoms with E-state index in [1.54, 1.807) is 14.0 Å². The molecule has 0 amide bonds. The first-order chi connectivity index (χ1) is 5.40. The second-order valence-corrected chi connectivity index (χ2v) is 5.77. The molecule has 0 aromatic heterocycles. The van der Waals surface area contributed by atoms with E-state index >= 15 is 0 Å². The van der Waals surface area contributed by atoms with Crippen LogP contribution < -0.4 is 0 Å². The summed E-state index contributed by atoms with van der Waals surface area (Å²) in [5.74, 6) is 0.751. The van der Waals surface area contributed by atoms with Crippen LogP contribution >= 0.6 is 0 Å². The molecule has 0 aromatic rings. The third-order valence-electron chi connectivity index (χ3n) is 1.86. The quantitative estimate of drug-likeness (QED) is 0.660. The fourth-order valence-electron chi connectivity index (χ4n) is 0.799. The average molecular weight is 193 g/mol. The molecule has 3 nitrogen and oxygen atoms in total. The van der Waals surface area contributed by atoms with Gasteiger partial charge in [-0.25, -0.2) is 12.7 Å². The maximum Gasteiger partial charge on any atom is 0.213 e. The van der Waals surface area contributed by atoms with E-state index < -0.39 is 10.0 Å². The molecule has 0 rings (SSSR count). The lowest BCUT2D eigenvalue weighted by atomic mass is 10.1. The lowest BCUT2D eigenvalue weighted by molar-refractivity contribution is 0.429. The normalized spacial score (nSPS) is 12.8. The van der Waals surface area contributed by atoms with Crippen LogP contribution in [0.1, 0.15) is 27.2 Å². The van der Waals surface area contributed by atoms with Gasteiger partial charge in [0.2, 0.25) is 10.0 Å². The Labute approximate surface area is 75.8 Å². The highest BCUT2D eigenvalue weighted by atomic mass is 32.2. The summed E-state index contributed by atoms with van der Waals surface area (Å²) in [7, 11) is -1.32. The van der Waals surface area contributed by atoms with E-state index in [0.29, 0.717) is 12.5 Å². The van der Waals surface area contributed by atoms with Crippen molar-refractivity contribution >= 4 is 10.0 Å². The largest absolute Gasteiger partial charge is 0.213 e. The third-order valence-corrected chi connectivity index (χ3v) is 3.72. The molecule has 0 atom stereocenters. The smallest absolute Gasteiger partial charge is 0.212 e. The maximum atomic E-state index is 11.2. The third kappa shape index (κ3) is 4.07. The van der Waals surface area contributed by atoms with Crippen molar-refractivity contribution in [1.29, 1.82) is 0 Å². The second kappa shape index (κ2) is 4.82. The maximum absolute atomic E-state index is 11.2. The number of hydrogen-bond acceptors (Lipinski definition) is 2. The van der Waals surface area contributed by atoms with Crippen molar-refractivity contribution in [1.82, 2.24) is 4.31 Å². The molecule has 0 saturated heterocycles. The van der Waals surface area contributed by atoms with E-state index in [0.717, 1.165) is 6.42 Å². The van der Waals surface area contributed by atoms with Gasteiger partial charge in [0.15, 0.2) is 0 Å². The zero-order valence-electron chi connectivity index (χ0n) is 8.37. The summed E-state index contributed by atoms with van der Waals surface area (Å²) in [6.45, 7) is 6.48. The zero-order chi connectivity index (χ0) is 9.78. The van der Waals surface area contributed by atoms with E-state index in [2.05, 4.69) is 13.8 Å². The fourth-order valence-corrected chi connectivity index (χ4v) is 1.62. The highest BCUT2D eigenvalue weighted by Gasteiger charge is 2.14. The van der Waals surface area contributed by atoms with Crippen molar-refractivity contribution in [3.8, 4) is 0 Å². The minimum absolute atomic E-state index is 0.196. The summed E-state index contributed by atoms with van der Waals surface area (Å²) in [6, 6.07) is 0. The fraction of sp³-hybridized carbons (Fsp3) is 1.00. The van der Waals surface area contributed by atoms with Crippen molar-refractivity contribution in [2.45, 2.75) is 27.2 Å². The minimum Gasteiger partial charge on any atom is -0.212 e. The van der Waals surface area contributed by atoms with Gasteiger partial charge in [0, 0.05) is 13.6 Å². The van der Waals surface area contributed by atoms with E-state index in [1.165, 1.54) is 4.31 Å². The van der Waals surface area contributed by atoms with Gasteiger partial charge in [-0.2, -0.15) is 0 Å². The van der Waals surface area contributed by atoms with Crippen LogP contribution in [0.5, 0.6) is 0 Å². The summed E-state index contributed by atoms with van der Waals surface area (Å²) in [5, 5.41) is 0. The van der Waals surface area contributed by atoms with Crippen LogP contribution in [-0.2, 0) is 10.0 Å². The van der Waals surface area contributed by atoms with Gasteiger partial charge in [0.1, 0.15) is 0 Å². The number of sulfonamides is 1. The van der Waals surface area contributed by atoms with Crippen LogP contribution in [0.25, 0.3) is 0 Å². The molecule has 0 heterocycles. The highest BCUT2D eigenvalue weighted by Crippen LogP contribution is 2.04. The monoisotopic (exact) mass is 193 g/mol. The van der Waals surface area contributed by atoms with Gasteiger partial charge in [-0.05, 0) is 19.3 Å². The topological polar surface area (TPSA) is 37.4 Å². The van der Waals surface area contributed by atoms with Gasteiger partial charge in [0.25, 0.3) is 0 Å². The lowest BCUT2D eigenvalue weighted by Crippen LogP contribution is -2.29. The van der Waals surface area contributed by atoms with Crippen LogP contribution in [0.3, 0.4) is 0 Å². The predicted octanol–water partition coefficient (Wildman–Crippen LogP) is 1.31. The molecular weight excluding hydrogens is 174 g/mol. The molecule has 0 aliphatic carbocycles. The van der Waals surface area contributed by atoms with Crippen LogP contribution in [0.4, 0.5) is 0 Å². The van der Waals surface area contributed by atoms with Crippen LogP contribution in [0.2, 0.25) is 0 Å². The van der Waals surface area contributed by atoms with Crippen molar-refractivity contribution in [2.24, 2.45) is 5.92 Å². The molecular formula is C8H19NO2S. The number of nitrogens with zero attached hydrogens (tertiary/aromatic N) is 1. The molecule has 74 valence electrons. The van der Waals surface area contributed by atoms with Gasteiger partial charge in [-0.15, -0.1) is 0 Å². The SMILES string of the molecule is CCS(=O)(=O)N(C)CCC(C)C. The van der Waals surface area contributed by atoms with Crippen LogP contribution in [0.15, 0.2) is 0 Å². The van der Waals surface area contributed by atoms with Crippen molar-refractivity contribution < 1.29 is 8.42 Å². The molecule has 0 aliphatic heterocycles. The summed E-state index contributed by atoms with van der Waals surface area (Å²) in [6.07, 6.45) is 0.926. The Morgan fingerprint density at radius 2 is 1.83 bits per heavy atom. The van der Waals surface area contributed by atoms with E-state index in [9.17, 15) is 8.42 Å². The molecule has 4 heteroatoms. The van der Waals surface area contributed by atoms with E-state index in [-0.39, 0.29) is 5.75 Å². The molecule has 0 saturated carbocycles. The molecule has 0 N–H and O–H groups in total. The first-order valence-corrected chi connectivity index (χ1v) is 5.95. The van der Waals surface area contributed by atoms with Gasteiger partial charge in [-0.3, -0.25) is 0 Å². The van der Waals surface area contributed by atoms with Crippen molar-refractivity contribution in [3.05, 3.63) is 0 Å². The molecule has 0 aliphatic rings. The number of rotatable bonds is 5. The summed E-state index contributed by atoms with van der Waals surface area (Å²) in [4.78, 5) is 0. The molecule has 0 unspecified atom stereocenters. The highest BCUT2D eigenvalue weighted by molar-refractivity contribution is 7.89. The van der Waals surface area contributed by atoms with Crippen LogP contribution in [0, 0.1) is 5.92 Å². The van der Waals surface area contributed by atoms with Crippen molar-refractivity contribution in [3.63, 3.8) is 0 Å². The van der Waals surface area contributed by atoms with Crippen LogP contribution in [-0.4, -0.2) is 32.1 Å². The zero-order valence-corrected chi connectivity index (χ0v) is 9.19. The first-order valence-electron chi connectivity index (χ1n) is 4.34. The summed E-state index contributed by atoms with van der Waals surface area (Å²) >= 11 is 0. The molecule has 0 aromatic carbocycles. The minimum atomic E-state index is -2.96. The van der Waals surface area contributed by atoms with Gasteiger partial charge in [-0.1, -0.05) is 13.8 Å². The summed E-state index contributed by atoms with van der Waals surface area (Å²) < 4.78 is 23.9. The predicted molar refractivity (Wildman–Crippen MR) is 51.5 cm³/mol. The van der Waals surface area contributed by atoms with Gasteiger partial charge < -0.3 is 0 Å². The van der Waals surface area contributed by atoms with E-state index in [1.807, 2.05) is 0 Å². The molecule has 0 radical (unpaired) electrons. The van der Waals surface area contributed by atoms with E-state index in [4.69, 9.17) is 0 Å². The second-order valence-electron chi connectivity index (χ2n) is 3.40. The Morgan fingerprint density at radius 3 is 2.17 bits per heavy atom. The standard InChI is InChI=1S/C8H19NO2S/c1-5-12(10,11)9(4)7-6-8(2)3/h8H,5-7H2,1-4H3. The Kier molecular flexibility index (Phi) is 4.78. The Hall–Kier alpha value is -0.0900. The Morgan fingerprint density at radius 1 is 1.33 bits per heavy atom. The molecule has 12 heavy (non-hydrogen) atoms.